The molecule has 0 aromatic carbocycles. The minimum atomic E-state index is -1.01. The Kier molecular flexibility index (Phi) is 5.39. The molecule has 0 spiro atoms. The van der Waals surface area contributed by atoms with E-state index in [2.05, 4.69) is 25.7 Å². The van der Waals surface area contributed by atoms with Crippen molar-refractivity contribution < 1.29 is 14.7 Å². The van der Waals surface area contributed by atoms with Crippen molar-refractivity contribution in [2.24, 2.45) is 5.41 Å². The number of rotatable bonds is 5. The van der Waals surface area contributed by atoms with Gasteiger partial charge in [0.2, 0.25) is 0 Å². The third-order valence-corrected chi connectivity index (χ3v) is 3.63. The van der Waals surface area contributed by atoms with Crippen LogP contribution in [0.1, 0.15) is 39.5 Å². The quantitative estimate of drug-likeness (QED) is 0.751. The van der Waals surface area contributed by atoms with Crippen LogP contribution in [0, 0.1) is 5.41 Å². The van der Waals surface area contributed by atoms with Gasteiger partial charge in [0.25, 0.3) is 0 Å². The fourth-order valence-corrected chi connectivity index (χ4v) is 2.35. The maximum atomic E-state index is 12.0. The molecule has 0 aromatic heterocycles. The summed E-state index contributed by atoms with van der Waals surface area (Å²) in [6.45, 7) is 7.96. The van der Waals surface area contributed by atoms with Gasteiger partial charge in [-0.25, -0.2) is 4.79 Å². The molecular formula is C14H24N2O3. The number of hydrogen-bond donors (Lipinski definition) is 2. The van der Waals surface area contributed by atoms with E-state index in [1.807, 2.05) is 0 Å². The summed E-state index contributed by atoms with van der Waals surface area (Å²) >= 11 is 0. The Morgan fingerprint density at radius 2 is 2.00 bits per heavy atom. The van der Waals surface area contributed by atoms with E-state index in [1.54, 1.807) is 0 Å². The minimum absolute atomic E-state index is 0.154. The molecule has 0 aromatic rings. The van der Waals surface area contributed by atoms with Crippen molar-refractivity contribution in [3.05, 3.63) is 12.7 Å². The van der Waals surface area contributed by atoms with Crippen LogP contribution in [0.2, 0.25) is 0 Å². The van der Waals surface area contributed by atoms with E-state index in [4.69, 9.17) is 5.11 Å². The molecule has 2 N–H and O–H groups in total. The summed E-state index contributed by atoms with van der Waals surface area (Å²) in [6, 6.07) is -0.159. The van der Waals surface area contributed by atoms with Gasteiger partial charge >= 0.3 is 12.0 Å². The molecule has 108 valence electrons. The van der Waals surface area contributed by atoms with E-state index in [1.165, 1.54) is 11.0 Å². The standard InChI is InChI=1S/C14H24N2O3/c1-4-9-16(10-12(17)18)13(19)15-11-5-7-14(2,3)8-6-11/h4,11H,1,5-10H2,2-3H3,(H,15,19)(H,17,18). The van der Waals surface area contributed by atoms with Crippen LogP contribution < -0.4 is 5.32 Å². The van der Waals surface area contributed by atoms with E-state index in [0.717, 1.165) is 25.7 Å². The fraction of sp³-hybridized carbons (Fsp3) is 0.714. The summed E-state index contributed by atoms with van der Waals surface area (Å²) in [4.78, 5) is 24.0. The molecule has 0 saturated heterocycles. The van der Waals surface area contributed by atoms with Crippen molar-refractivity contribution >= 4 is 12.0 Å². The first kappa shape index (κ1) is 15.5. The molecule has 0 unspecified atom stereocenters. The van der Waals surface area contributed by atoms with E-state index in [0.29, 0.717) is 5.41 Å². The van der Waals surface area contributed by atoms with Gasteiger partial charge in [-0.2, -0.15) is 0 Å². The Morgan fingerprint density at radius 1 is 1.42 bits per heavy atom. The molecule has 1 saturated carbocycles. The van der Waals surface area contributed by atoms with Gasteiger partial charge < -0.3 is 15.3 Å². The second kappa shape index (κ2) is 6.59. The normalized spacial score (nSPS) is 18.6. The zero-order valence-corrected chi connectivity index (χ0v) is 11.8. The van der Waals surface area contributed by atoms with Crippen LogP contribution in [-0.4, -0.2) is 41.1 Å². The maximum absolute atomic E-state index is 12.0. The molecule has 1 aliphatic carbocycles. The SMILES string of the molecule is C=CCN(CC(=O)O)C(=O)NC1CCC(C)(C)CC1. The van der Waals surface area contributed by atoms with Gasteiger partial charge in [0.1, 0.15) is 6.54 Å². The predicted molar refractivity (Wildman–Crippen MR) is 74.0 cm³/mol. The molecule has 0 radical (unpaired) electrons. The molecule has 0 atom stereocenters. The molecule has 5 nitrogen and oxygen atoms in total. The van der Waals surface area contributed by atoms with Gasteiger partial charge in [0, 0.05) is 12.6 Å². The van der Waals surface area contributed by atoms with Crippen LogP contribution >= 0.6 is 0 Å². The zero-order valence-electron chi connectivity index (χ0n) is 11.8. The highest BCUT2D eigenvalue weighted by molar-refractivity contribution is 5.80. The molecule has 0 aliphatic heterocycles. The van der Waals surface area contributed by atoms with Crippen LogP contribution in [-0.2, 0) is 4.79 Å². The summed E-state index contributed by atoms with van der Waals surface area (Å²) in [5, 5.41) is 11.7. The maximum Gasteiger partial charge on any atom is 0.323 e. The van der Waals surface area contributed by atoms with Gasteiger partial charge in [-0.1, -0.05) is 19.9 Å². The highest BCUT2D eigenvalue weighted by Gasteiger charge is 2.28. The smallest absolute Gasteiger partial charge is 0.323 e. The number of hydrogen-bond acceptors (Lipinski definition) is 2. The zero-order chi connectivity index (χ0) is 14.5. The van der Waals surface area contributed by atoms with Crippen molar-refractivity contribution in [3.63, 3.8) is 0 Å². The van der Waals surface area contributed by atoms with Crippen LogP contribution in [0.3, 0.4) is 0 Å². The average Bonchev–Trinajstić information content (AvgIpc) is 2.31. The summed E-state index contributed by atoms with van der Waals surface area (Å²) in [5.74, 6) is -1.01. The number of carbonyl (C=O) groups is 2. The molecule has 19 heavy (non-hydrogen) atoms. The minimum Gasteiger partial charge on any atom is -0.480 e. The number of amides is 2. The first-order valence-corrected chi connectivity index (χ1v) is 6.72. The fourth-order valence-electron chi connectivity index (χ4n) is 2.35. The highest BCUT2D eigenvalue weighted by Crippen LogP contribution is 2.34. The van der Waals surface area contributed by atoms with Crippen LogP contribution in [0.25, 0.3) is 0 Å². The molecule has 1 aliphatic rings. The lowest BCUT2D eigenvalue weighted by Crippen LogP contribution is -2.48. The molecule has 5 heteroatoms. The Labute approximate surface area is 114 Å². The van der Waals surface area contributed by atoms with Crippen LogP contribution in [0.15, 0.2) is 12.7 Å². The third-order valence-electron chi connectivity index (χ3n) is 3.63. The van der Waals surface area contributed by atoms with Gasteiger partial charge in [-0.3, -0.25) is 4.79 Å². The van der Waals surface area contributed by atoms with Gasteiger partial charge in [-0.15, -0.1) is 6.58 Å². The number of urea groups is 1. The Balaban J connectivity index is 2.48. The van der Waals surface area contributed by atoms with Gasteiger partial charge in [-0.05, 0) is 31.1 Å². The van der Waals surface area contributed by atoms with E-state index in [-0.39, 0.29) is 25.2 Å². The van der Waals surface area contributed by atoms with Crippen molar-refractivity contribution in [3.8, 4) is 0 Å². The number of carbonyl (C=O) groups excluding carboxylic acids is 1. The molecule has 1 rings (SSSR count). The van der Waals surface area contributed by atoms with E-state index < -0.39 is 5.97 Å². The van der Waals surface area contributed by atoms with E-state index >= 15 is 0 Å². The second-order valence-corrected chi connectivity index (χ2v) is 5.95. The first-order valence-electron chi connectivity index (χ1n) is 6.72. The Hall–Kier alpha value is -1.52. The first-order chi connectivity index (χ1) is 8.84. The largest absolute Gasteiger partial charge is 0.480 e. The monoisotopic (exact) mass is 268 g/mol. The van der Waals surface area contributed by atoms with Crippen molar-refractivity contribution in [2.45, 2.75) is 45.6 Å². The van der Waals surface area contributed by atoms with Crippen molar-refractivity contribution in [2.75, 3.05) is 13.1 Å². The summed E-state index contributed by atoms with van der Waals surface area (Å²) in [6.07, 6.45) is 5.60. The van der Waals surface area contributed by atoms with Crippen LogP contribution in [0.4, 0.5) is 4.79 Å². The summed E-state index contributed by atoms with van der Waals surface area (Å²) in [7, 11) is 0. The predicted octanol–water partition coefficient (Wildman–Crippen LogP) is 2.24. The van der Waals surface area contributed by atoms with E-state index in [9.17, 15) is 9.59 Å². The molecule has 1 fully saturated rings. The number of carboxylic acids is 1. The number of aliphatic carboxylic acids is 1. The van der Waals surface area contributed by atoms with Crippen molar-refractivity contribution in [1.82, 2.24) is 10.2 Å². The van der Waals surface area contributed by atoms with Gasteiger partial charge in [0.05, 0.1) is 0 Å². The van der Waals surface area contributed by atoms with Crippen molar-refractivity contribution in [1.29, 1.82) is 0 Å². The lowest BCUT2D eigenvalue weighted by Gasteiger charge is -2.35. The van der Waals surface area contributed by atoms with Crippen LogP contribution in [0.5, 0.6) is 0 Å². The lowest BCUT2D eigenvalue weighted by atomic mass is 9.75. The van der Waals surface area contributed by atoms with Gasteiger partial charge in [0.15, 0.2) is 0 Å². The molecular weight excluding hydrogens is 244 g/mol. The highest BCUT2D eigenvalue weighted by atomic mass is 16.4. The number of nitrogens with one attached hydrogen (secondary N) is 1. The Bertz CT molecular complexity index is 343. The molecule has 2 amide bonds. The second-order valence-electron chi connectivity index (χ2n) is 5.95. The summed E-state index contributed by atoms with van der Waals surface area (Å²) < 4.78 is 0. The third kappa shape index (κ3) is 5.32. The molecule has 0 bridgehead atoms. The lowest BCUT2D eigenvalue weighted by molar-refractivity contribution is -0.137. The summed E-state index contributed by atoms with van der Waals surface area (Å²) in [5.41, 5.74) is 0.350. The number of carboxylic acid groups (broad SMARTS) is 1. The average molecular weight is 268 g/mol. The molecule has 0 heterocycles. The number of nitrogens with zero attached hydrogens (tertiary/aromatic N) is 1. The topological polar surface area (TPSA) is 69.6 Å². The Morgan fingerprint density at radius 3 is 2.47 bits per heavy atom.